The van der Waals surface area contributed by atoms with Gasteiger partial charge in [-0.3, -0.25) is 0 Å². The van der Waals surface area contributed by atoms with Gasteiger partial charge in [0.05, 0.1) is 12.1 Å². The predicted octanol–water partition coefficient (Wildman–Crippen LogP) is 5.09. The summed E-state index contributed by atoms with van der Waals surface area (Å²) in [4.78, 5) is 0.511. The van der Waals surface area contributed by atoms with E-state index in [1.165, 1.54) is 5.56 Å². The largest absolute Gasteiger partial charge is 0.495 e. The fourth-order valence-electron chi connectivity index (χ4n) is 1.59. The normalized spacial score (nSPS) is 13.5. The van der Waals surface area contributed by atoms with Crippen molar-refractivity contribution < 1.29 is 4.74 Å². The Morgan fingerprint density at radius 3 is 2.53 bits per heavy atom. The zero-order valence-corrected chi connectivity index (χ0v) is 13.2. The first-order valence-corrected chi connectivity index (χ1v) is 7.10. The lowest BCUT2D eigenvalue weighted by Gasteiger charge is -2.25. The molecule has 1 unspecified atom stereocenters. The molecule has 0 amide bonds. The van der Waals surface area contributed by atoms with Gasteiger partial charge in [-0.05, 0) is 36.0 Å². The van der Waals surface area contributed by atoms with Crippen LogP contribution in [0.3, 0.4) is 0 Å². The molecule has 17 heavy (non-hydrogen) atoms. The van der Waals surface area contributed by atoms with Crippen LogP contribution in [0.25, 0.3) is 0 Å². The van der Waals surface area contributed by atoms with Crippen molar-refractivity contribution in [3.05, 3.63) is 28.8 Å². The SMILES string of the molecule is COc1cc(CCC(Br)C(C)(C)C)ccc1Cl. The Kier molecular flexibility index (Phi) is 5.33. The van der Waals surface area contributed by atoms with E-state index in [4.69, 9.17) is 16.3 Å². The molecule has 0 aromatic heterocycles. The van der Waals surface area contributed by atoms with Gasteiger partial charge < -0.3 is 4.74 Å². The highest BCUT2D eigenvalue weighted by atomic mass is 79.9. The monoisotopic (exact) mass is 318 g/mol. The number of hydrogen-bond donors (Lipinski definition) is 0. The topological polar surface area (TPSA) is 9.23 Å². The molecule has 0 saturated carbocycles. The molecule has 3 heteroatoms. The van der Waals surface area contributed by atoms with Gasteiger partial charge in [-0.15, -0.1) is 0 Å². The summed E-state index contributed by atoms with van der Waals surface area (Å²) in [6, 6.07) is 5.98. The summed E-state index contributed by atoms with van der Waals surface area (Å²) >= 11 is 9.75. The third-order valence-corrected chi connectivity index (χ3v) is 4.99. The predicted molar refractivity (Wildman–Crippen MR) is 78.5 cm³/mol. The fourth-order valence-corrected chi connectivity index (χ4v) is 2.01. The third-order valence-electron chi connectivity index (χ3n) is 2.84. The number of benzene rings is 1. The zero-order chi connectivity index (χ0) is 13.1. The maximum absolute atomic E-state index is 6.00. The van der Waals surface area contributed by atoms with Crippen LogP contribution in [0.2, 0.25) is 5.02 Å². The first kappa shape index (κ1) is 14.8. The van der Waals surface area contributed by atoms with Crippen molar-refractivity contribution in [2.24, 2.45) is 5.41 Å². The van der Waals surface area contributed by atoms with Crippen LogP contribution >= 0.6 is 27.5 Å². The van der Waals surface area contributed by atoms with Gasteiger partial charge >= 0.3 is 0 Å². The van der Waals surface area contributed by atoms with Crippen LogP contribution in [0.5, 0.6) is 5.75 Å². The minimum Gasteiger partial charge on any atom is -0.495 e. The van der Waals surface area contributed by atoms with Gasteiger partial charge in [0.1, 0.15) is 5.75 Å². The van der Waals surface area contributed by atoms with Gasteiger partial charge in [-0.2, -0.15) is 0 Å². The Morgan fingerprint density at radius 2 is 2.00 bits per heavy atom. The molecule has 0 aliphatic rings. The molecular formula is C14H20BrClO. The maximum atomic E-state index is 6.00. The van der Waals surface area contributed by atoms with Crippen molar-refractivity contribution in [2.45, 2.75) is 38.4 Å². The molecule has 1 atom stereocenters. The summed E-state index contributed by atoms with van der Waals surface area (Å²) in [5, 5.41) is 0.669. The molecule has 1 nitrogen and oxygen atoms in total. The molecule has 1 rings (SSSR count). The first-order chi connectivity index (χ1) is 7.84. The molecule has 0 N–H and O–H groups in total. The van der Waals surface area contributed by atoms with Crippen molar-refractivity contribution in [2.75, 3.05) is 7.11 Å². The fraction of sp³-hybridized carbons (Fsp3) is 0.571. The van der Waals surface area contributed by atoms with E-state index in [-0.39, 0.29) is 5.41 Å². The molecule has 0 fully saturated rings. The van der Waals surface area contributed by atoms with Crippen LogP contribution in [-0.4, -0.2) is 11.9 Å². The molecule has 1 aromatic rings. The molecule has 0 bridgehead atoms. The van der Waals surface area contributed by atoms with Crippen molar-refractivity contribution in [3.63, 3.8) is 0 Å². The number of halogens is 2. The molecular weight excluding hydrogens is 300 g/mol. The van der Waals surface area contributed by atoms with Crippen molar-refractivity contribution >= 4 is 27.5 Å². The highest BCUT2D eigenvalue weighted by molar-refractivity contribution is 9.09. The van der Waals surface area contributed by atoms with Crippen LogP contribution in [0, 0.1) is 5.41 Å². The van der Waals surface area contributed by atoms with Crippen molar-refractivity contribution in [1.82, 2.24) is 0 Å². The van der Waals surface area contributed by atoms with Crippen LogP contribution < -0.4 is 4.74 Å². The van der Waals surface area contributed by atoms with E-state index >= 15 is 0 Å². The molecule has 0 aliphatic carbocycles. The Morgan fingerprint density at radius 1 is 1.35 bits per heavy atom. The number of hydrogen-bond acceptors (Lipinski definition) is 1. The van der Waals surface area contributed by atoms with E-state index in [9.17, 15) is 0 Å². The highest BCUT2D eigenvalue weighted by Gasteiger charge is 2.21. The first-order valence-electron chi connectivity index (χ1n) is 5.81. The van der Waals surface area contributed by atoms with Crippen LogP contribution in [0.4, 0.5) is 0 Å². The van der Waals surface area contributed by atoms with Crippen LogP contribution in [-0.2, 0) is 6.42 Å². The minimum absolute atomic E-state index is 0.288. The summed E-state index contributed by atoms with van der Waals surface area (Å²) in [6.45, 7) is 6.73. The molecule has 0 aliphatic heterocycles. The minimum atomic E-state index is 0.288. The van der Waals surface area contributed by atoms with E-state index < -0.39 is 0 Å². The van der Waals surface area contributed by atoms with E-state index in [0.29, 0.717) is 9.85 Å². The van der Waals surface area contributed by atoms with E-state index in [1.54, 1.807) is 7.11 Å². The molecule has 0 radical (unpaired) electrons. The van der Waals surface area contributed by atoms with Crippen molar-refractivity contribution in [3.8, 4) is 5.75 Å². The lowest BCUT2D eigenvalue weighted by atomic mass is 9.89. The second-order valence-corrected chi connectivity index (χ2v) is 6.85. The second-order valence-electron chi connectivity index (χ2n) is 5.34. The molecule has 0 spiro atoms. The van der Waals surface area contributed by atoms with Crippen LogP contribution in [0.1, 0.15) is 32.8 Å². The number of aryl methyl sites for hydroxylation is 1. The molecule has 96 valence electrons. The Bertz CT molecular complexity index is 371. The molecule has 0 saturated heterocycles. The standard InChI is InChI=1S/C14H20BrClO/c1-14(2,3)13(15)8-6-10-5-7-11(16)12(9-10)17-4/h5,7,9,13H,6,8H2,1-4H3. The van der Waals surface area contributed by atoms with Crippen molar-refractivity contribution in [1.29, 1.82) is 0 Å². The molecule has 0 heterocycles. The maximum Gasteiger partial charge on any atom is 0.137 e. The average molecular weight is 320 g/mol. The van der Waals surface area contributed by atoms with Gasteiger partial charge in [0.25, 0.3) is 0 Å². The molecule has 1 aromatic carbocycles. The lowest BCUT2D eigenvalue weighted by Crippen LogP contribution is -2.20. The lowest BCUT2D eigenvalue weighted by molar-refractivity contribution is 0.385. The van der Waals surface area contributed by atoms with Gasteiger partial charge in [0.2, 0.25) is 0 Å². The smallest absolute Gasteiger partial charge is 0.137 e. The third kappa shape index (κ3) is 4.51. The van der Waals surface area contributed by atoms with Gasteiger partial charge in [-0.25, -0.2) is 0 Å². The van der Waals surface area contributed by atoms with E-state index in [2.05, 4.69) is 42.8 Å². The van der Waals surface area contributed by atoms with Gasteiger partial charge in [0.15, 0.2) is 0 Å². The Labute approximate surface area is 118 Å². The summed E-state index contributed by atoms with van der Waals surface area (Å²) in [5.74, 6) is 0.756. The van der Waals surface area contributed by atoms with Gasteiger partial charge in [-0.1, -0.05) is 54.4 Å². The summed E-state index contributed by atoms with van der Waals surface area (Å²) < 4.78 is 5.22. The Hall–Kier alpha value is -0.210. The van der Waals surface area contributed by atoms with E-state index in [1.807, 2.05) is 12.1 Å². The summed E-state index contributed by atoms with van der Waals surface area (Å²) in [6.07, 6.45) is 2.13. The number of ether oxygens (including phenoxy) is 1. The summed E-state index contributed by atoms with van der Waals surface area (Å²) in [5.41, 5.74) is 1.55. The van der Waals surface area contributed by atoms with E-state index in [0.717, 1.165) is 18.6 Å². The van der Waals surface area contributed by atoms with Gasteiger partial charge in [0, 0.05) is 4.83 Å². The number of methoxy groups -OCH3 is 1. The highest BCUT2D eigenvalue weighted by Crippen LogP contribution is 2.31. The van der Waals surface area contributed by atoms with Crippen LogP contribution in [0.15, 0.2) is 18.2 Å². The second kappa shape index (κ2) is 6.10. The zero-order valence-electron chi connectivity index (χ0n) is 10.9. The summed E-state index contributed by atoms with van der Waals surface area (Å²) in [7, 11) is 1.65. The average Bonchev–Trinajstić information content (AvgIpc) is 2.26. The number of rotatable bonds is 4. The quantitative estimate of drug-likeness (QED) is 0.702. The number of alkyl halides is 1. The Balaban J connectivity index is 2.64.